The maximum absolute atomic E-state index is 12.3. The lowest BCUT2D eigenvalue weighted by Crippen LogP contribution is -2.49. The summed E-state index contributed by atoms with van der Waals surface area (Å²) in [7, 11) is 3.98. The summed E-state index contributed by atoms with van der Waals surface area (Å²) in [5, 5.41) is 3.88. The Morgan fingerprint density at radius 3 is 2.70 bits per heavy atom. The van der Waals surface area contributed by atoms with Gasteiger partial charge in [0.2, 0.25) is 0 Å². The van der Waals surface area contributed by atoms with Crippen LogP contribution >= 0.6 is 11.6 Å². The molecule has 0 saturated carbocycles. The molecule has 0 aliphatic carbocycles. The molecule has 1 N–H and O–H groups in total. The van der Waals surface area contributed by atoms with Crippen LogP contribution in [0.3, 0.4) is 0 Å². The Kier molecular flexibility index (Phi) is 6.46. The maximum atomic E-state index is 12.3. The molecule has 0 aliphatic heterocycles. The van der Waals surface area contributed by atoms with Crippen molar-refractivity contribution in [3.63, 3.8) is 0 Å². The molecule has 1 aromatic rings. The Hall–Kier alpha value is -1.10. The van der Waals surface area contributed by atoms with Crippen molar-refractivity contribution in [2.24, 2.45) is 0 Å². The van der Waals surface area contributed by atoms with Gasteiger partial charge in [-0.2, -0.15) is 0 Å². The number of ether oxygens (including phenoxy) is 1. The quantitative estimate of drug-likeness (QED) is 0.784. The molecule has 0 saturated heterocycles. The van der Waals surface area contributed by atoms with Crippen LogP contribution in [0.15, 0.2) is 24.3 Å². The summed E-state index contributed by atoms with van der Waals surface area (Å²) in [6.07, 6.45) is 0. The minimum absolute atomic E-state index is 0.291. The zero-order valence-corrected chi connectivity index (χ0v) is 13.3. The molecule has 1 unspecified atom stereocenters. The number of nitrogens with one attached hydrogen (secondary N) is 1. The van der Waals surface area contributed by atoms with Gasteiger partial charge in [0.05, 0.1) is 6.61 Å². The number of esters is 1. The lowest BCUT2D eigenvalue weighted by atomic mass is 9.92. The van der Waals surface area contributed by atoms with Crippen molar-refractivity contribution in [3.8, 4) is 0 Å². The van der Waals surface area contributed by atoms with Crippen molar-refractivity contribution in [3.05, 3.63) is 34.9 Å². The van der Waals surface area contributed by atoms with Gasteiger partial charge >= 0.3 is 5.97 Å². The second kappa shape index (κ2) is 7.62. The van der Waals surface area contributed by atoms with E-state index in [1.807, 2.05) is 33.2 Å². The van der Waals surface area contributed by atoms with Gasteiger partial charge in [-0.15, -0.1) is 0 Å². The fourth-order valence-corrected chi connectivity index (χ4v) is 2.09. The summed E-state index contributed by atoms with van der Waals surface area (Å²) in [5.41, 5.74) is -0.0843. The van der Waals surface area contributed by atoms with Crippen LogP contribution in [-0.2, 0) is 15.1 Å². The van der Waals surface area contributed by atoms with Gasteiger partial charge in [0.25, 0.3) is 0 Å². The predicted molar refractivity (Wildman–Crippen MR) is 82.0 cm³/mol. The van der Waals surface area contributed by atoms with Gasteiger partial charge in [-0.05, 0) is 45.6 Å². The monoisotopic (exact) mass is 298 g/mol. The first kappa shape index (κ1) is 17.0. The fraction of sp³-hybridized carbons (Fsp3) is 0.533. The third-order valence-electron chi connectivity index (χ3n) is 3.12. The summed E-state index contributed by atoms with van der Waals surface area (Å²) in [6.45, 7) is 5.48. The van der Waals surface area contributed by atoms with Crippen LogP contribution in [0.2, 0.25) is 5.02 Å². The Morgan fingerprint density at radius 1 is 1.45 bits per heavy atom. The van der Waals surface area contributed by atoms with Crippen LogP contribution in [0.4, 0.5) is 0 Å². The van der Waals surface area contributed by atoms with Crippen LogP contribution in [0, 0.1) is 0 Å². The second-order valence-electron chi connectivity index (χ2n) is 5.09. The summed E-state index contributed by atoms with van der Waals surface area (Å²) >= 11 is 6.03. The summed E-state index contributed by atoms with van der Waals surface area (Å²) in [4.78, 5) is 14.4. The zero-order valence-electron chi connectivity index (χ0n) is 12.6. The molecule has 0 spiro atoms. The van der Waals surface area contributed by atoms with Crippen molar-refractivity contribution >= 4 is 17.6 Å². The second-order valence-corrected chi connectivity index (χ2v) is 5.52. The average Bonchev–Trinajstić information content (AvgIpc) is 2.38. The highest BCUT2D eigenvalue weighted by Crippen LogP contribution is 2.25. The summed E-state index contributed by atoms with van der Waals surface area (Å²) in [5.74, 6) is -0.291. The first-order valence-electron chi connectivity index (χ1n) is 6.73. The number of nitrogens with zero attached hydrogens (tertiary/aromatic N) is 1. The Labute approximate surface area is 126 Å². The van der Waals surface area contributed by atoms with Crippen LogP contribution in [-0.4, -0.2) is 44.7 Å². The lowest BCUT2D eigenvalue weighted by Gasteiger charge is -2.30. The minimum atomic E-state index is -0.892. The van der Waals surface area contributed by atoms with Crippen LogP contribution < -0.4 is 5.32 Å². The maximum Gasteiger partial charge on any atom is 0.330 e. The number of benzene rings is 1. The molecule has 5 heteroatoms. The lowest BCUT2D eigenvalue weighted by molar-refractivity contribution is -0.151. The van der Waals surface area contributed by atoms with E-state index in [1.165, 1.54) is 0 Å². The molecular formula is C15H23ClN2O2. The van der Waals surface area contributed by atoms with E-state index in [9.17, 15) is 4.79 Å². The van der Waals surface area contributed by atoms with Crippen molar-refractivity contribution in [2.75, 3.05) is 33.8 Å². The molecule has 1 atom stereocenters. The normalized spacial score (nSPS) is 14.1. The van der Waals surface area contributed by atoms with Gasteiger partial charge in [0, 0.05) is 18.1 Å². The van der Waals surface area contributed by atoms with Crippen LogP contribution in [0.5, 0.6) is 0 Å². The Morgan fingerprint density at radius 2 is 2.15 bits per heavy atom. The van der Waals surface area contributed by atoms with Crippen LogP contribution in [0.1, 0.15) is 19.4 Å². The van der Waals surface area contributed by atoms with Gasteiger partial charge in [-0.1, -0.05) is 23.7 Å². The van der Waals surface area contributed by atoms with Crippen molar-refractivity contribution < 1.29 is 9.53 Å². The zero-order chi connectivity index (χ0) is 15.2. The molecule has 1 rings (SSSR count). The molecule has 4 nitrogen and oxygen atoms in total. The molecule has 20 heavy (non-hydrogen) atoms. The summed E-state index contributed by atoms with van der Waals surface area (Å²) < 4.78 is 5.20. The Balaban J connectivity index is 2.97. The number of hydrogen-bond donors (Lipinski definition) is 1. The highest BCUT2D eigenvalue weighted by molar-refractivity contribution is 6.30. The van der Waals surface area contributed by atoms with Gasteiger partial charge in [-0.3, -0.25) is 5.32 Å². The van der Waals surface area contributed by atoms with E-state index in [1.54, 1.807) is 19.1 Å². The van der Waals surface area contributed by atoms with E-state index in [0.717, 1.165) is 12.1 Å². The van der Waals surface area contributed by atoms with E-state index < -0.39 is 5.54 Å². The highest BCUT2D eigenvalue weighted by Gasteiger charge is 2.36. The number of likely N-dealkylation sites (N-methyl/N-ethyl adjacent to an activating group) is 1. The Bertz CT molecular complexity index is 451. The molecule has 0 aromatic heterocycles. The van der Waals surface area contributed by atoms with E-state index in [4.69, 9.17) is 16.3 Å². The molecule has 0 aliphatic rings. The molecule has 0 bridgehead atoms. The smallest absolute Gasteiger partial charge is 0.330 e. The number of rotatable bonds is 7. The van der Waals surface area contributed by atoms with Crippen molar-refractivity contribution in [1.82, 2.24) is 10.2 Å². The minimum Gasteiger partial charge on any atom is -0.464 e. The molecule has 0 radical (unpaired) electrons. The van der Waals surface area contributed by atoms with Gasteiger partial charge in [0.1, 0.15) is 5.54 Å². The third kappa shape index (κ3) is 4.47. The first-order chi connectivity index (χ1) is 9.40. The largest absolute Gasteiger partial charge is 0.464 e. The molecule has 0 amide bonds. The van der Waals surface area contributed by atoms with E-state index in [-0.39, 0.29) is 5.97 Å². The predicted octanol–water partition coefficient (Wildman–Crippen LogP) is 2.27. The number of carbonyl (C=O) groups is 1. The fourth-order valence-electron chi connectivity index (χ4n) is 1.90. The van der Waals surface area contributed by atoms with E-state index in [2.05, 4.69) is 10.2 Å². The van der Waals surface area contributed by atoms with Crippen molar-refractivity contribution in [1.29, 1.82) is 0 Å². The summed E-state index contributed by atoms with van der Waals surface area (Å²) in [6, 6.07) is 7.30. The van der Waals surface area contributed by atoms with Gasteiger partial charge in [-0.25, -0.2) is 4.79 Å². The standard InChI is InChI=1S/C15H23ClN2O2/c1-5-20-14(19)15(2,17-9-10-18(3)4)12-7-6-8-13(16)11-12/h6-8,11,17H,5,9-10H2,1-4H3. The molecule has 112 valence electrons. The van der Waals surface area contributed by atoms with Gasteiger partial charge < -0.3 is 9.64 Å². The average molecular weight is 299 g/mol. The highest BCUT2D eigenvalue weighted by atomic mass is 35.5. The number of halogens is 1. The van der Waals surface area contributed by atoms with Crippen LogP contribution in [0.25, 0.3) is 0 Å². The number of hydrogen-bond acceptors (Lipinski definition) is 4. The molecular weight excluding hydrogens is 276 g/mol. The topological polar surface area (TPSA) is 41.6 Å². The first-order valence-corrected chi connectivity index (χ1v) is 7.11. The van der Waals surface area contributed by atoms with E-state index >= 15 is 0 Å². The van der Waals surface area contributed by atoms with Crippen molar-refractivity contribution in [2.45, 2.75) is 19.4 Å². The SMILES string of the molecule is CCOC(=O)C(C)(NCCN(C)C)c1cccc(Cl)c1. The van der Waals surface area contributed by atoms with Gasteiger partial charge in [0.15, 0.2) is 0 Å². The molecule has 0 fully saturated rings. The van der Waals surface area contributed by atoms with E-state index in [0.29, 0.717) is 18.2 Å². The molecule has 0 heterocycles. The number of carbonyl (C=O) groups excluding carboxylic acids is 1. The third-order valence-corrected chi connectivity index (χ3v) is 3.36. The molecule has 1 aromatic carbocycles.